The maximum Gasteiger partial charge on any atom is 0.122 e. The molecule has 1 heterocycles. The Balaban J connectivity index is 1.68. The first-order valence-electron chi connectivity index (χ1n) is 7.80. The van der Waals surface area contributed by atoms with Crippen molar-refractivity contribution >= 4 is 15.9 Å². The molecule has 0 fully saturated rings. The van der Waals surface area contributed by atoms with Crippen molar-refractivity contribution < 1.29 is 4.74 Å². The molecule has 108 valence electrons. The number of alkyl halides is 1. The van der Waals surface area contributed by atoms with Crippen LogP contribution >= 0.6 is 15.9 Å². The van der Waals surface area contributed by atoms with Crippen molar-refractivity contribution in [2.45, 2.75) is 36.4 Å². The summed E-state index contributed by atoms with van der Waals surface area (Å²) in [6.07, 6.45) is 4.83. The van der Waals surface area contributed by atoms with E-state index in [4.69, 9.17) is 4.74 Å². The molecule has 2 heteroatoms. The Morgan fingerprint density at radius 3 is 2.90 bits per heavy atom. The van der Waals surface area contributed by atoms with Gasteiger partial charge in [0.2, 0.25) is 0 Å². The molecule has 1 aliphatic carbocycles. The van der Waals surface area contributed by atoms with E-state index in [0.29, 0.717) is 10.7 Å². The zero-order valence-electron chi connectivity index (χ0n) is 12.0. The summed E-state index contributed by atoms with van der Waals surface area (Å²) in [6.45, 7) is 0.831. The fraction of sp³-hybridized carbons (Fsp3) is 0.368. The highest BCUT2D eigenvalue weighted by Crippen LogP contribution is 2.45. The van der Waals surface area contributed by atoms with Gasteiger partial charge in [0.05, 0.1) is 6.61 Å². The molecular formula is C19H19BrO. The standard InChI is InChI=1S/C19H19BrO/c20-19(15-8-9-18-14(12-15)10-11-21-18)17-7-3-5-13-4-1-2-6-16(13)17/h1-2,4,6,8-9,12,17,19H,3,5,7,10-11H2. The van der Waals surface area contributed by atoms with Crippen LogP contribution in [0.3, 0.4) is 0 Å². The van der Waals surface area contributed by atoms with Crippen LogP contribution in [0.1, 0.15) is 45.8 Å². The zero-order chi connectivity index (χ0) is 14.2. The van der Waals surface area contributed by atoms with Gasteiger partial charge in [0.15, 0.2) is 0 Å². The predicted octanol–water partition coefficient (Wildman–Crippen LogP) is 5.18. The average Bonchev–Trinajstić information content (AvgIpc) is 3.01. The van der Waals surface area contributed by atoms with Crippen molar-refractivity contribution in [2.24, 2.45) is 0 Å². The van der Waals surface area contributed by atoms with Crippen molar-refractivity contribution in [1.29, 1.82) is 0 Å². The van der Waals surface area contributed by atoms with Crippen molar-refractivity contribution in [2.75, 3.05) is 6.61 Å². The minimum absolute atomic E-state index is 0.393. The fourth-order valence-corrected chi connectivity index (χ4v) is 4.54. The Hall–Kier alpha value is -1.28. The highest BCUT2D eigenvalue weighted by Gasteiger charge is 2.28. The van der Waals surface area contributed by atoms with Gasteiger partial charge in [-0.1, -0.05) is 52.3 Å². The van der Waals surface area contributed by atoms with Crippen molar-refractivity contribution in [3.8, 4) is 5.75 Å². The Kier molecular flexibility index (Phi) is 3.50. The van der Waals surface area contributed by atoms with Crippen LogP contribution in [0.2, 0.25) is 0 Å². The second kappa shape index (κ2) is 5.49. The summed E-state index contributed by atoms with van der Waals surface area (Å²) in [6, 6.07) is 15.6. The van der Waals surface area contributed by atoms with Crippen LogP contribution < -0.4 is 4.74 Å². The van der Waals surface area contributed by atoms with Crippen LogP contribution in [0, 0.1) is 0 Å². The quantitative estimate of drug-likeness (QED) is 0.683. The number of benzene rings is 2. The number of aryl methyl sites for hydroxylation is 1. The average molecular weight is 343 g/mol. The molecule has 4 rings (SSSR count). The van der Waals surface area contributed by atoms with Crippen molar-refractivity contribution in [1.82, 2.24) is 0 Å². The Morgan fingerprint density at radius 1 is 1.05 bits per heavy atom. The van der Waals surface area contributed by atoms with Gasteiger partial charge in [0.25, 0.3) is 0 Å². The van der Waals surface area contributed by atoms with E-state index in [9.17, 15) is 0 Å². The lowest BCUT2D eigenvalue weighted by molar-refractivity contribution is 0.357. The van der Waals surface area contributed by atoms with Gasteiger partial charge >= 0.3 is 0 Å². The third-order valence-corrected chi connectivity index (χ3v) is 5.97. The molecule has 0 N–H and O–H groups in total. The normalized spacial score (nSPS) is 21.3. The van der Waals surface area contributed by atoms with Crippen LogP contribution in [0.25, 0.3) is 0 Å². The summed E-state index contributed by atoms with van der Waals surface area (Å²) < 4.78 is 5.62. The van der Waals surface area contributed by atoms with Gasteiger partial charge in [0, 0.05) is 17.2 Å². The number of hydrogen-bond acceptors (Lipinski definition) is 1. The smallest absolute Gasteiger partial charge is 0.122 e. The van der Waals surface area contributed by atoms with Gasteiger partial charge in [-0.25, -0.2) is 0 Å². The van der Waals surface area contributed by atoms with Gasteiger partial charge < -0.3 is 4.74 Å². The van der Waals surface area contributed by atoms with Crippen LogP contribution in [0.15, 0.2) is 42.5 Å². The van der Waals surface area contributed by atoms with E-state index in [0.717, 1.165) is 18.8 Å². The number of hydrogen-bond donors (Lipinski definition) is 0. The SMILES string of the molecule is BrC(c1ccc2c(c1)CCO2)C1CCCc2ccccc21. The highest BCUT2D eigenvalue weighted by molar-refractivity contribution is 9.09. The molecule has 0 bridgehead atoms. The molecule has 21 heavy (non-hydrogen) atoms. The van der Waals surface area contributed by atoms with Crippen LogP contribution in [-0.2, 0) is 12.8 Å². The van der Waals surface area contributed by atoms with Crippen LogP contribution in [-0.4, -0.2) is 6.61 Å². The van der Waals surface area contributed by atoms with Gasteiger partial charge in [-0.15, -0.1) is 0 Å². The molecule has 0 amide bonds. The fourth-order valence-electron chi connectivity index (χ4n) is 3.71. The summed E-state index contributed by atoms with van der Waals surface area (Å²) >= 11 is 3.98. The number of rotatable bonds is 2. The second-order valence-corrected chi connectivity index (χ2v) is 7.05. The number of halogens is 1. The molecule has 2 aliphatic rings. The molecule has 1 nitrogen and oxygen atoms in total. The molecule has 2 aromatic rings. The highest BCUT2D eigenvalue weighted by atomic mass is 79.9. The summed E-state index contributed by atoms with van der Waals surface area (Å²) in [5.74, 6) is 1.65. The lowest BCUT2D eigenvalue weighted by atomic mass is 9.79. The maximum atomic E-state index is 5.62. The molecule has 0 spiro atoms. The van der Waals surface area contributed by atoms with Gasteiger partial charge in [-0.3, -0.25) is 0 Å². The van der Waals surface area contributed by atoms with E-state index in [1.807, 2.05) is 0 Å². The van der Waals surface area contributed by atoms with Crippen LogP contribution in [0.4, 0.5) is 0 Å². The number of fused-ring (bicyclic) bond motifs is 2. The van der Waals surface area contributed by atoms with E-state index in [1.165, 1.54) is 41.5 Å². The topological polar surface area (TPSA) is 9.23 Å². The molecule has 1 aliphatic heterocycles. The molecule has 2 atom stereocenters. The third kappa shape index (κ3) is 2.40. The monoisotopic (exact) mass is 342 g/mol. The summed E-state index contributed by atoms with van der Waals surface area (Å²) in [4.78, 5) is 0.393. The molecule has 0 radical (unpaired) electrons. The Bertz CT molecular complexity index is 664. The third-order valence-electron chi connectivity index (χ3n) is 4.80. The summed E-state index contributed by atoms with van der Waals surface area (Å²) in [5.41, 5.74) is 5.81. The van der Waals surface area contributed by atoms with E-state index >= 15 is 0 Å². The van der Waals surface area contributed by atoms with E-state index in [1.54, 1.807) is 0 Å². The lowest BCUT2D eigenvalue weighted by Crippen LogP contribution is -2.14. The van der Waals surface area contributed by atoms with Crippen molar-refractivity contribution in [3.05, 3.63) is 64.7 Å². The van der Waals surface area contributed by atoms with Gasteiger partial charge in [-0.2, -0.15) is 0 Å². The minimum atomic E-state index is 0.393. The summed E-state index contributed by atoms with van der Waals surface area (Å²) in [7, 11) is 0. The van der Waals surface area contributed by atoms with Gasteiger partial charge in [0.1, 0.15) is 5.75 Å². The first-order valence-corrected chi connectivity index (χ1v) is 8.72. The zero-order valence-corrected chi connectivity index (χ0v) is 13.6. The van der Waals surface area contributed by atoms with Crippen molar-refractivity contribution in [3.63, 3.8) is 0 Å². The summed E-state index contributed by atoms with van der Waals surface area (Å²) in [5, 5.41) is 0. The molecule has 0 saturated carbocycles. The molecule has 2 unspecified atom stereocenters. The Morgan fingerprint density at radius 2 is 1.95 bits per heavy atom. The predicted molar refractivity (Wildman–Crippen MR) is 89.4 cm³/mol. The largest absolute Gasteiger partial charge is 0.493 e. The number of ether oxygens (including phenoxy) is 1. The Labute approximate surface area is 134 Å². The lowest BCUT2D eigenvalue weighted by Gasteiger charge is -2.29. The molecule has 0 saturated heterocycles. The molecule has 0 aromatic heterocycles. The van der Waals surface area contributed by atoms with E-state index < -0.39 is 0 Å². The van der Waals surface area contributed by atoms with E-state index in [2.05, 4.69) is 58.4 Å². The first kappa shape index (κ1) is 13.4. The van der Waals surface area contributed by atoms with E-state index in [-0.39, 0.29) is 0 Å². The minimum Gasteiger partial charge on any atom is -0.493 e. The molecule has 2 aromatic carbocycles. The maximum absolute atomic E-state index is 5.62. The van der Waals surface area contributed by atoms with Gasteiger partial charge in [-0.05, 0) is 47.6 Å². The first-order chi connectivity index (χ1) is 10.3. The molecular weight excluding hydrogens is 324 g/mol. The second-order valence-electron chi connectivity index (χ2n) is 6.06. The van der Waals surface area contributed by atoms with Crippen LogP contribution in [0.5, 0.6) is 5.75 Å².